The molecule has 0 amide bonds. The monoisotopic (exact) mass is 289 g/mol. The summed E-state index contributed by atoms with van der Waals surface area (Å²) in [6.45, 7) is 4.93. The van der Waals surface area contributed by atoms with Crippen LogP contribution in [0.3, 0.4) is 0 Å². The highest BCUT2D eigenvalue weighted by atomic mass is 16.5. The van der Waals surface area contributed by atoms with Crippen LogP contribution in [0.25, 0.3) is 0 Å². The van der Waals surface area contributed by atoms with Crippen LogP contribution in [0.15, 0.2) is 18.2 Å². The van der Waals surface area contributed by atoms with Crippen molar-refractivity contribution >= 4 is 0 Å². The van der Waals surface area contributed by atoms with E-state index in [0.717, 1.165) is 30.8 Å². The van der Waals surface area contributed by atoms with Gasteiger partial charge in [-0.3, -0.25) is 0 Å². The Morgan fingerprint density at radius 3 is 2.81 bits per heavy atom. The number of ether oxygens (including phenoxy) is 2. The molecular weight excluding hydrogens is 262 g/mol. The standard InChI is InChI=1S/C18H27NO2/c1-13-5-6-16(14(2)19)17(11-13)21-15-7-10-20-18(12-15)8-3-4-9-18/h5-6,11,14-15H,3-4,7-10,12,19H2,1-2H3/t14-,15?/m1/s1. The van der Waals surface area contributed by atoms with E-state index in [1.54, 1.807) is 0 Å². The van der Waals surface area contributed by atoms with Crippen molar-refractivity contribution < 1.29 is 9.47 Å². The van der Waals surface area contributed by atoms with Gasteiger partial charge in [0.1, 0.15) is 11.9 Å². The first-order chi connectivity index (χ1) is 10.1. The molecule has 3 nitrogen and oxygen atoms in total. The fourth-order valence-electron chi connectivity index (χ4n) is 3.75. The van der Waals surface area contributed by atoms with Crippen LogP contribution in [0.1, 0.15) is 62.6 Å². The minimum atomic E-state index is 0.000816. The summed E-state index contributed by atoms with van der Waals surface area (Å²) in [5, 5.41) is 0. The lowest BCUT2D eigenvalue weighted by molar-refractivity contribution is -0.108. The van der Waals surface area contributed by atoms with E-state index in [-0.39, 0.29) is 17.7 Å². The van der Waals surface area contributed by atoms with Crippen molar-refractivity contribution in [1.82, 2.24) is 0 Å². The molecule has 0 aromatic heterocycles. The van der Waals surface area contributed by atoms with Crippen molar-refractivity contribution in [3.05, 3.63) is 29.3 Å². The molecule has 1 saturated heterocycles. The number of hydrogen-bond donors (Lipinski definition) is 1. The lowest BCUT2D eigenvalue weighted by atomic mass is 9.90. The zero-order valence-corrected chi connectivity index (χ0v) is 13.2. The molecule has 21 heavy (non-hydrogen) atoms. The van der Waals surface area contributed by atoms with Gasteiger partial charge in [-0.25, -0.2) is 0 Å². The second-order valence-electron chi connectivity index (χ2n) is 6.80. The Kier molecular flexibility index (Phi) is 4.23. The normalized spacial score (nSPS) is 26.0. The molecule has 1 aliphatic heterocycles. The molecule has 0 radical (unpaired) electrons. The first-order valence-electron chi connectivity index (χ1n) is 8.25. The summed E-state index contributed by atoms with van der Waals surface area (Å²) in [7, 11) is 0. The van der Waals surface area contributed by atoms with Crippen LogP contribution >= 0.6 is 0 Å². The van der Waals surface area contributed by atoms with E-state index in [0.29, 0.717) is 0 Å². The smallest absolute Gasteiger partial charge is 0.124 e. The minimum absolute atomic E-state index is 0.000816. The Hall–Kier alpha value is -1.06. The van der Waals surface area contributed by atoms with Gasteiger partial charge in [-0.05, 0) is 38.3 Å². The van der Waals surface area contributed by atoms with Crippen LogP contribution in [0.4, 0.5) is 0 Å². The quantitative estimate of drug-likeness (QED) is 0.918. The molecule has 116 valence electrons. The van der Waals surface area contributed by atoms with Crippen LogP contribution in [0.5, 0.6) is 5.75 Å². The summed E-state index contributed by atoms with van der Waals surface area (Å²) in [6.07, 6.45) is 7.25. The van der Waals surface area contributed by atoms with Gasteiger partial charge >= 0.3 is 0 Å². The highest BCUT2D eigenvalue weighted by Crippen LogP contribution is 2.41. The fourth-order valence-corrected chi connectivity index (χ4v) is 3.75. The second kappa shape index (κ2) is 5.98. The summed E-state index contributed by atoms with van der Waals surface area (Å²) >= 11 is 0. The molecule has 2 N–H and O–H groups in total. The van der Waals surface area contributed by atoms with Gasteiger partial charge < -0.3 is 15.2 Å². The first kappa shape index (κ1) is 14.9. The van der Waals surface area contributed by atoms with E-state index in [1.807, 2.05) is 6.92 Å². The Morgan fingerprint density at radius 2 is 2.10 bits per heavy atom. The third kappa shape index (κ3) is 3.24. The second-order valence-corrected chi connectivity index (χ2v) is 6.80. The topological polar surface area (TPSA) is 44.5 Å². The maximum absolute atomic E-state index is 6.36. The molecule has 2 aliphatic rings. The van der Waals surface area contributed by atoms with E-state index in [4.69, 9.17) is 15.2 Å². The SMILES string of the molecule is Cc1ccc([C@@H](C)N)c(OC2CCOC3(CCCC3)C2)c1. The zero-order chi connectivity index (χ0) is 14.9. The van der Waals surface area contributed by atoms with Gasteiger partial charge in [-0.1, -0.05) is 25.0 Å². The van der Waals surface area contributed by atoms with Crippen molar-refractivity contribution in [2.75, 3.05) is 6.61 Å². The molecule has 2 fully saturated rings. The Balaban J connectivity index is 1.75. The summed E-state index contributed by atoms with van der Waals surface area (Å²) in [4.78, 5) is 0. The van der Waals surface area contributed by atoms with Crippen LogP contribution < -0.4 is 10.5 Å². The van der Waals surface area contributed by atoms with E-state index < -0.39 is 0 Å². The van der Waals surface area contributed by atoms with Crippen LogP contribution in [-0.4, -0.2) is 18.3 Å². The molecule has 3 rings (SSSR count). The molecule has 2 atom stereocenters. The molecule has 1 spiro atoms. The third-order valence-electron chi connectivity index (χ3n) is 4.92. The largest absolute Gasteiger partial charge is 0.490 e. The van der Waals surface area contributed by atoms with Crippen LogP contribution in [0.2, 0.25) is 0 Å². The first-order valence-corrected chi connectivity index (χ1v) is 8.25. The van der Waals surface area contributed by atoms with Gasteiger partial charge in [0.05, 0.1) is 12.2 Å². The zero-order valence-electron chi connectivity index (χ0n) is 13.2. The predicted octanol–water partition coefficient (Wildman–Crippen LogP) is 3.89. The molecule has 1 unspecified atom stereocenters. The number of benzene rings is 1. The summed E-state index contributed by atoms with van der Waals surface area (Å²) in [5.41, 5.74) is 8.50. The molecule has 1 saturated carbocycles. The molecule has 0 bridgehead atoms. The predicted molar refractivity (Wildman–Crippen MR) is 84.6 cm³/mol. The van der Waals surface area contributed by atoms with Crippen molar-refractivity contribution in [1.29, 1.82) is 0 Å². The Bertz CT molecular complexity index is 492. The Morgan fingerprint density at radius 1 is 1.33 bits per heavy atom. The minimum Gasteiger partial charge on any atom is -0.490 e. The van der Waals surface area contributed by atoms with Gasteiger partial charge in [0.15, 0.2) is 0 Å². The average molecular weight is 289 g/mol. The number of nitrogens with two attached hydrogens (primary N) is 1. The third-order valence-corrected chi connectivity index (χ3v) is 4.92. The maximum atomic E-state index is 6.36. The highest BCUT2D eigenvalue weighted by molar-refractivity contribution is 5.39. The van der Waals surface area contributed by atoms with Crippen molar-refractivity contribution in [2.45, 2.75) is 70.1 Å². The summed E-state index contributed by atoms with van der Waals surface area (Å²) in [6, 6.07) is 6.32. The molecular formula is C18H27NO2. The molecule has 1 heterocycles. The summed E-state index contributed by atoms with van der Waals surface area (Å²) in [5.74, 6) is 0.963. The van der Waals surface area contributed by atoms with Gasteiger partial charge in [-0.15, -0.1) is 0 Å². The van der Waals surface area contributed by atoms with Gasteiger partial charge in [0.25, 0.3) is 0 Å². The number of aryl methyl sites for hydroxylation is 1. The van der Waals surface area contributed by atoms with Gasteiger partial charge in [-0.2, -0.15) is 0 Å². The van der Waals surface area contributed by atoms with Crippen molar-refractivity contribution in [2.24, 2.45) is 5.73 Å². The highest BCUT2D eigenvalue weighted by Gasteiger charge is 2.40. The molecule has 1 aromatic rings. The van der Waals surface area contributed by atoms with E-state index in [2.05, 4.69) is 25.1 Å². The van der Waals surface area contributed by atoms with Crippen LogP contribution in [0, 0.1) is 6.92 Å². The molecule has 1 aliphatic carbocycles. The van der Waals surface area contributed by atoms with E-state index in [9.17, 15) is 0 Å². The number of rotatable bonds is 3. The van der Waals surface area contributed by atoms with Crippen molar-refractivity contribution in [3.8, 4) is 5.75 Å². The number of hydrogen-bond acceptors (Lipinski definition) is 3. The maximum Gasteiger partial charge on any atom is 0.124 e. The molecule has 3 heteroatoms. The average Bonchev–Trinajstić information content (AvgIpc) is 2.86. The Labute approximate surface area is 127 Å². The van der Waals surface area contributed by atoms with Gasteiger partial charge in [0.2, 0.25) is 0 Å². The summed E-state index contributed by atoms with van der Waals surface area (Å²) < 4.78 is 12.4. The lowest BCUT2D eigenvalue weighted by Gasteiger charge is -2.38. The van der Waals surface area contributed by atoms with Crippen LogP contribution in [-0.2, 0) is 4.74 Å². The van der Waals surface area contributed by atoms with Gasteiger partial charge in [0, 0.05) is 24.4 Å². The van der Waals surface area contributed by atoms with E-state index in [1.165, 1.54) is 31.2 Å². The fraction of sp³-hybridized carbons (Fsp3) is 0.667. The van der Waals surface area contributed by atoms with Crippen molar-refractivity contribution in [3.63, 3.8) is 0 Å². The van der Waals surface area contributed by atoms with E-state index >= 15 is 0 Å². The molecule has 1 aromatic carbocycles. The lowest BCUT2D eigenvalue weighted by Crippen LogP contribution is -2.41.